The predicted octanol–water partition coefficient (Wildman–Crippen LogP) is 5.53. The van der Waals surface area contributed by atoms with Gasteiger partial charge in [-0.1, -0.05) is 18.2 Å². The van der Waals surface area contributed by atoms with E-state index < -0.39 is 15.8 Å². The van der Waals surface area contributed by atoms with Crippen molar-refractivity contribution in [2.24, 2.45) is 5.92 Å². The first-order valence-electron chi connectivity index (χ1n) is 11.7. The van der Waals surface area contributed by atoms with Crippen LogP contribution in [0.5, 0.6) is 0 Å². The number of thiazole rings is 1. The molecule has 5 rings (SSSR count). The summed E-state index contributed by atoms with van der Waals surface area (Å²) in [6.07, 6.45) is 6.46. The predicted molar refractivity (Wildman–Crippen MR) is 130 cm³/mol. The number of rotatable bonds is 6. The Balaban J connectivity index is 1.18. The highest BCUT2D eigenvalue weighted by molar-refractivity contribution is 7.89. The van der Waals surface area contributed by atoms with Gasteiger partial charge in [0.15, 0.2) is 5.13 Å². The summed E-state index contributed by atoms with van der Waals surface area (Å²) in [5, 5.41) is 4.42. The van der Waals surface area contributed by atoms with E-state index in [-0.39, 0.29) is 22.7 Å². The van der Waals surface area contributed by atoms with Crippen LogP contribution in [0.25, 0.3) is 11.3 Å². The maximum Gasteiger partial charge on any atom is 0.243 e. The highest BCUT2D eigenvalue weighted by atomic mass is 32.2. The minimum Gasteiger partial charge on any atom is -0.359 e. The van der Waals surface area contributed by atoms with Gasteiger partial charge in [-0.25, -0.2) is 26.9 Å². The summed E-state index contributed by atoms with van der Waals surface area (Å²) in [5.74, 6) is -0.768. The van der Waals surface area contributed by atoms with Gasteiger partial charge in [0.1, 0.15) is 16.5 Å². The summed E-state index contributed by atoms with van der Waals surface area (Å²) in [7, 11) is -3.86. The van der Waals surface area contributed by atoms with Crippen molar-refractivity contribution < 1.29 is 17.2 Å². The average molecular weight is 504 g/mol. The molecule has 9 heteroatoms. The third-order valence-corrected chi connectivity index (χ3v) is 9.24. The van der Waals surface area contributed by atoms with Crippen molar-refractivity contribution in [1.29, 1.82) is 0 Å². The maximum atomic E-state index is 13.9. The van der Waals surface area contributed by atoms with Gasteiger partial charge in [-0.15, -0.1) is 11.3 Å². The van der Waals surface area contributed by atoms with E-state index in [0.29, 0.717) is 6.54 Å². The van der Waals surface area contributed by atoms with Gasteiger partial charge in [0.25, 0.3) is 0 Å². The molecule has 0 amide bonds. The molecule has 3 aromatic rings. The largest absolute Gasteiger partial charge is 0.359 e. The Morgan fingerprint density at radius 2 is 1.82 bits per heavy atom. The Kier molecular flexibility index (Phi) is 6.68. The van der Waals surface area contributed by atoms with E-state index in [1.165, 1.54) is 29.1 Å². The zero-order valence-electron chi connectivity index (χ0n) is 18.7. The Bertz CT molecular complexity index is 1290. The second-order valence-corrected chi connectivity index (χ2v) is 11.9. The smallest absolute Gasteiger partial charge is 0.243 e. The molecular formula is C25H27F2N3O2S2. The molecule has 0 unspecified atom stereocenters. The Labute approximate surface area is 202 Å². The van der Waals surface area contributed by atoms with E-state index in [1.807, 2.05) is 6.07 Å². The minimum atomic E-state index is -3.86. The number of hydrogen-bond donors (Lipinski definition) is 2. The van der Waals surface area contributed by atoms with Gasteiger partial charge in [-0.05, 0) is 80.7 Å². The van der Waals surface area contributed by atoms with Crippen LogP contribution in [0.4, 0.5) is 13.9 Å². The van der Waals surface area contributed by atoms with E-state index >= 15 is 0 Å². The molecule has 0 radical (unpaired) electrons. The second kappa shape index (κ2) is 9.71. The van der Waals surface area contributed by atoms with Crippen LogP contribution in [0.2, 0.25) is 0 Å². The highest BCUT2D eigenvalue weighted by Gasteiger charge is 2.26. The number of aromatic nitrogens is 1. The molecule has 0 saturated heterocycles. The van der Waals surface area contributed by atoms with Gasteiger partial charge >= 0.3 is 0 Å². The monoisotopic (exact) mass is 503 g/mol. The normalized spacial score (nSPS) is 20.3. The van der Waals surface area contributed by atoms with E-state index in [0.717, 1.165) is 73.0 Å². The number of nitrogens with one attached hydrogen (secondary N) is 2. The molecule has 2 N–H and O–H groups in total. The average Bonchev–Trinajstić information content (AvgIpc) is 3.14. The third kappa shape index (κ3) is 5.01. The standard InChI is InChI=1S/C25H27F2N3O2S2/c26-18-11-10-17-4-3-6-22-24(20(17)14-18)30-25(33-22)29-19-12-8-16(9-13-19)15-28-34(31,32)23-7-2-1-5-21(23)27/h1-2,5,7,10-11,14,16,19,28H,3-4,6,8-9,12-13,15H2,(H,29,30). The number of fused-ring (bicyclic) bond motifs is 3. The van der Waals surface area contributed by atoms with Gasteiger partial charge in [0.2, 0.25) is 10.0 Å². The molecule has 1 aromatic heterocycles. The lowest BCUT2D eigenvalue weighted by Gasteiger charge is -2.29. The molecule has 0 aliphatic heterocycles. The van der Waals surface area contributed by atoms with E-state index in [9.17, 15) is 17.2 Å². The molecule has 5 nitrogen and oxygen atoms in total. The number of sulfonamides is 1. The van der Waals surface area contributed by atoms with E-state index in [1.54, 1.807) is 17.4 Å². The molecule has 34 heavy (non-hydrogen) atoms. The molecule has 0 bridgehead atoms. The summed E-state index contributed by atoms with van der Waals surface area (Å²) in [5.41, 5.74) is 2.95. The Morgan fingerprint density at radius 1 is 1.03 bits per heavy atom. The van der Waals surface area contributed by atoms with Crippen LogP contribution < -0.4 is 10.0 Å². The van der Waals surface area contributed by atoms with Gasteiger partial charge in [0, 0.05) is 23.0 Å². The summed E-state index contributed by atoms with van der Waals surface area (Å²) < 4.78 is 55.2. The van der Waals surface area contributed by atoms with Gasteiger partial charge in [-0.2, -0.15) is 0 Å². The lowest BCUT2D eigenvalue weighted by atomic mass is 9.86. The quantitative estimate of drug-likeness (QED) is 0.464. The molecule has 1 saturated carbocycles. The van der Waals surface area contributed by atoms with Crippen LogP contribution >= 0.6 is 11.3 Å². The SMILES string of the molecule is O=S(=O)(NCC1CCC(Nc2nc3c(s2)CCCc2ccc(F)cc2-3)CC1)c1ccccc1F. The van der Waals surface area contributed by atoms with Crippen molar-refractivity contribution in [3.63, 3.8) is 0 Å². The molecule has 0 atom stereocenters. The topological polar surface area (TPSA) is 71.1 Å². The van der Waals surface area contributed by atoms with Crippen LogP contribution in [0.1, 0.15) is 42.5 Å². The van der Waals surface area contributed by atoms with Crippen molar-refractivity contribution in [3.8, 4) is 11.3 Å². The maximum absolute atomic E-state index is 13.9. The minimum absolute atomic E-state index is 0.211. The van der Waals surface area contributed by atoms with Crippen molar-refractivity contribution >= 4 is 26.5 Å². The zero-order valence-corrected chi connectivity index (χ0v) is 20.3. The van der Waals surface area contributed by atoms with E-state index in [2.05, 4.69) is 10.0 Å². The Hall–Kier alpha value is -2.36. The van der Waals surface area contributed by atoms with Crippen molar-refractivity contribution in [3.05, 3.63) is 64.5 Å². The van der Waals surface area contributed by atoms with Crippen LogP contribution in [0.15, 0.2) is 47.4 Å². The third-order valence-electron chi connectivity index (χ3n) is 6.74. The van der Waals surface area contributed by atoms with Crippen molar-refractivity contribution in [2.75, 3.05) is 11.9 Å². The number of hydrogen-bond acceptors (Lipinski definition) is 5. The molecule has 2 aromatic carbocycles. The summed E-state index contributed by atoms with van der Waals surface area (Å²) >= 11 is 1.65. The molecule has 2 aliphatic rings. The highest BCUT2D eigenvalue weighted by Crippen LogP contribution is 2.38. The van der Waals surface area contributed by atoms with Gasteiger partial charge in [-0.3, -0.25) is 0 Å². The first-order valence-corrected chi connectivity index (χ1v) is 14.0. The number of benzene rings is 2. The van der Waals surface area contributed by atoms with Crippen molar-refractivity contribution in [2.45, 2.75) is 55.9 Å². The number of aryl methyl sites for hydroxylation is 2. The second-order valence-electron chi connectivity index (χ2n) is 9.09. The molecule has 2 aliphatic carbocycles. The lowest BCUT2D eigenvalue weighted by molar-refractivity contribution is 0.337. The number of anilines is 1. The summed E-state index contributed by atoms with van der Waals surface area (Å²) in [6.45, 7) is 0.303. The molecule has 180 valence electrons. The number of nitrogens with zero attached hydrogens (tertiary/aromatic N) is 1. The summed E-state index contributed by atoms with van der Waals surface area (Å²) in [6, 6.07) is 10.7. The van der Waals surface area contributed by atoms with Crippen LogP contribution in [0, 0.1) is 17.6 Å². The molecular weight excluding hydrogens is 476 g/mol. The van der Waals surface area contributed by atoms with E-state index in [4.69, 9.17) is 4.98 Å². The fraction of sp³-hybridized carbons (Fsp3) is 0.400. The summed E-state index contributed by atoms with van der Waals surface area (Å²) in [4.78, 5) is 5.72. The van der Waals surface area contributed by atoms with Gasteiger partial charge < -0.3 is 5.32 Å². The Morgan fingerprint density at radius 3 is 2.62 bits per heavy atom. The lowest BCUT2D eigenvalue weighted by Crippen LogP contribution is -2.34. The zero-order chi connectivity index (χ0) is 23.7. The molecule has 1 heterocycles. The fourth-order valence-corrected chi connectivity index (χ4v) is 7.16. The van der Waals surface area contributed by atoms with Crippen LogP contribution in [-0.4, -0.2) is 26.0 Å². The van der Waals surface area contributed by atoms with Crippen LogP contribution in [-0.2, 0) is 22.9 Å². The first-order chi connectivity index (χ1) is 16.4. The molecule has 0 spiro atoms. The van der Waals surface area contributed by atoms with Crippen molar-refractivity contribution in [1.82, 2.24) is 9.71 Å². The molecule has 1 fully saturated rings. The first kappa shape index (κ1) is 23.4. The fourth-order valence-electron chi connectivity index (χ4n) is 4.87. The van der Waals surface area contributed by atoms with Crippen LogP contribution in [0.3, 0.4) is 0 Å². The van der Waals surface area contributed by atoms with Gasteiger partial charge in [0.05, 0.1) is 5.69 Å². The number of halogens is 2.